The Labute approximate surface area is 88.1 Å². The highest BCUT2D eigenvalue weighted by atomic mass is 16.7. The van der Waals surface area contributed by atoms with Crippen LogP contribution in [0.1, 0.15) is 13.8 Å². The molecule has 0 aliphatic carbocycles. The van der Waals surface area contributed by atoms with Crippen molar-refractivity contribution >= 4 is 0 Å². The van der Waals surface area contributed by atoms with Crippen LogP contribution >= 0.6 is 0 Å². The zero-order valence-electron chi connectivity index (χ0n) is 8.78. The van der Waals surface area contributed by atoms with Crippen molar-refractivity contribution in [2.24, 2.45) is 0 Å². The molecule has 0 aromatic carbocycles. The van der Waals surface area contributed by atoms with Crippen LogP contribution in [-0.2, 0) is 9.47 Å². The molecule has 0 aromatic heterocycles. The molecule has 0 bridgehead atoms. The molecule has 5 atom stereocenters. The van der Waals surface area contributed by atoms with E-state index in [2.05, 4.69) is 0 Å². The van der Waals surface area contributed by atoms with Gasteiger partial charge in [0.15, 0.2) is 6.29 Å². The van der Waals surface area contributed by atoms with Gasteiger partial charge in [-0.1, -0.05) is 0 Å². The van der Waals surface area contributed by atoms with Gasteiger partial charge in [0.25, 0.3) is 0 Å². The van der Waals surface area contributed by atoms with Gasteiger partial charge in [0.05, 0.1) is 12.7 Å². The number of aliphatic hydroxyl groups excluding tert-OH is 4. The normalized spacial score (nSPS) is 42.2. The minimum absolute atomic E-state index is 0.188. The third-order valence-corrected chi connectivity index (χ3v) is 2.25. The molecule has 1 saturated heterocycles. The highest BCUT2D eigenvalue weighted by Gasteiger charge is 2.44. The largest absolute Gasteiger partial charge is 0.394 e. The van der Waals surface area contributed by atoms with Crippen molar-refractivity contribution in [2.45, 2.75) is 50.7 Å². The van der Waals surface area contributed by atoms with Crippen molar-refractivity contribution in [3.63, 3.8) is 0 Å². The summed E-state index contributed by atoms with van der Waals surface area (Å²) in [7, 11) is 0. The molecule has 0 saturated carbocycles. The van der Waals surface area contributed by atoms with Crippen LogP contribution in [0.15, 0.2) is 0 Å². The first-order chi connectivity index (χ1) is 6.97. The monoisotopic (exact) mass is 222 g/mol. The first-order valence-corrected chi connectivity index (χ1v) is 4.93. The van der Waals surface area contributed by atoms with Gasteiger partial charge >= 0.3 is 0 Å². The van der Waals surface area contributed by atoms with Crippen molar-refractivity contribution in [1.82, 2.24) is 0 Å². The fraction of sp³-hybridized carbons (Fsp3) is 1.00. The Morgan fingerprint density at radius 3 is 2.20 bits per heavy atom. The van der Waals surface area contributed by atoms with Crippen molar-refractivity contribution in [1.29, 1.82) is 0 Å². The Morgan fingerprint density at radius 2 is 1.73 bits per heavy atom. The molecular weight excluding hydrogens is 204 g/mol. The van der Waals surface area contributed by atoms with Crippen LogP contribution in [-0.4, -0.2) is 63.8 Å². The fourth-order valence-electron chi connectivity index (χ4n) is 1.45. The van der Waals surface area contributed by atoms with Gasteiger partial charge in [-0.15, -0.1) is 0 Å². The standard InChI is InChI=1S/C9H18O6/c1-4(2)14-9-8(13)7(12)6(11)5(3-10)15-9/h4-13H,3H2,1-2H3/t5?,6-,7+,8+,9?/m1/s1. The van der Waals surface area contributed by atoms with E-state index in [0.29, 0.717) is 0 Å². The maximum atomic E-state index is 9.53. The lowest BCUT2D eigenvalue weighted by molar-refractivity contribution is -0.308. The third-order valence-electron chi connectivity index (χ3n) is 2.25. The summed E-state index contributed by atoms with van der Waals surface area (Å²) in [5.74, 6) is 0. The van der Waals surface area contributed by atoms with Gasteiger partial charge in [-0.05, 0) is 13.8 Å². The quantitative estimate of drug-likeness (QED) is 0.450. The maximum absolute atomic E-state index is 9.53. The first-order valence-electron chi connectivity index (χ1n) is 4.93. The SMILES string of the molecule is CC(C)OC1OC(CO)[C@@H](O)[C@H](O)[C@@H]1O. The molecule has 6 nitrogen and oxygen atoms in total. The molecule has 6 heteroatoms. The van der Waals surface area contributed by atoms with Gasteiger partial charge in [0, 0.05) is 0 Å². The van der Waals surface area contributed by atoms with E-state index in [0.717, 1.165) is 0 Å². The van der Waals surface area contributed by atoms with E-state index >= 15 is 0 Å². The molecule has 0 amide bonds. The van der Waals surface area contributed by atoms with Crippen molar-refractivity contribution < 1.29 is 29.9 Å². The Hall–Kier alpha value is -0.240. The molecule has 0 radical (unpaired) electrons. The third kappa shape index (κ3) is 2.87. The summed E-state index contributed by atoms with van der Waals surface area (Å²) in [4.78, 5) is 0. The molecule has 4 N–H and O–H groups in total. The van der Waals surface area contributed by atoms with Gasteiger partial charge in [-0.2, -0.15) is 0 Å². The molecule has 1 rings (SSSR count). The zero-order valence-corrected chi connectivity index (χ0v) is 8.78. The van der Waals surface area contributed by atoms with E-state index in [1.54, 1.807) is 13.8 Å². The topological polar surface area (TPSA) is 99.4 Å². The van der Waals surface area contributed by atoms with Crippen molar-refractivity contribution in [3.05, 3.63) is 0 Å². The van der Waals surface area contributed by atoms with E-state index in [9.17, 15) is 15.3 Å². The summed E-state index contributed by atoms with van der Waals surface area (Å²) >= 11 is 0. The molecule has 1 aliphatic heterocycles. The second-order valence-corrected chi connectivity index (χ2v) is 3.88. The minimum atomic E-state index is -1.38. The second kappa shape index (κ2) is 5.20. The van der Waals surface area contributed by atoms with Crippen LogP contribution in [0.2, 0.25) is 0 Å². The summed E-state index contributed by atoms with van der Waals surface area (Å²) in [5.41, 5.74) is 0. The number of hydrogen-bond donors (Lipinski definition) is 4. The van der Waals surface area contributed by atoms with E-state index in [1.807, 2.05) is 0 Å². The summed E-state index contributed by atoms with van der Waals surface area (Å²) in [6.07, 6.45) is -6.15. The van der Waals surface area contributed by atoms with Crippen molar-refractivity contribution in [3.8, 4) is 0 Å². The van der Waals surface area contributed by atoms with Gasteiger partial charge in [0.2, 0.25) is 0 Å². The Balaban J connectivity index is 2.65. The molecule has 90 valence electrons. The number of aliphatic hydroxyl groups is 4. The summed E-state index contributed by atoms with van der Waals surface area (Å²) < 4.78 is 10.3. The predicted octanol–water partition coefficient (Wildman–Crippen LogP) is -1.79. The van der Waals surface area contributed by atoms with Crippen LogP contribution in [0, 0.1) is 0 Å². The summed E-state index contributed by atoms with van der Waals surface area (Å²) in [6, 6.07) is 0. The molecular formula is C9H18O6. The van der Waals surface area contributed by atoms with Gasteiger partial charge < -0.3 is 29.9 Å². The highest BCUT2D eigenvalue weighted by Crippen LogP contribution is 2.22. The molecule has 2 unspecified atom stereocenters. The lowest BCUT2D eigenvalue weighted by atomic mass is 9.99. The van der Waals surface area contributed by atoms with E-state index < -0.39 is 37.3 Å². The number of hydrogen-bond acceptors (Lipinski definition) is 6. The molecule has 1 heterocycles. The molecule has 0 spiro atoms. The molecule has 1 aliphatic rings. The number of rotatable bonds is 3. The second-order valence-electron chi connectivity index (χ2n) is 3.88. The Morgan fingerprint density at radius 1 is 1.13 bits per heavy atom. The Kier molecular flexibility index (Phi) is 4.45. The highest BCUT2D eigenvalue weighted by molar-refractivity contribution is 4.88. The summed E-state index contributed by atoms with van der Waals surface area (Å²) in [6.45, 7) is 3.06. The lowest BCUT2D eigenvalue weighted by Crippen LogP contribution is -2.59. The van der Waals surface area contributed by atoms with Crippen LogP contribution in [0.4, 0.5) is 0 Å². The summed E-state index contributed by atoms with van der Waals surface area (Å²) in [5, 5.41) is 37.3. The van der Waals surface area contributed by atoms with Crippen LogP contribution < -0.4 is 0 Å². The van der Waals surface area contributed by atoms with Gasteiger partial charge in [0.1, 0.15) is 24.4 Å². The first kappa shape index (κ1) is 12.8. The number of ether oxygens (including phenoxy) is 2. The lowest BCUT2D eigenvalue weighted by Gasteiger charge is -2.40. The van der Waals surface area contributed by atoms with E-state index in [1.165, 1.54) is 0 Å². The average molecular weight is 222 g/mol. The molecule has 15 heavy (non-hydrogen) atoms. The molecule has 1 fully saturated rings. The van der Waals surface area contributed by atoms with E-state index in [4.69, 9.17) is 14.6 Å². The van der Waals surface area contributed by atoms with Crippen LogP contribution in [0.25, 0.3) is 0 Å². The van der Waals surface area contributed by atoms with Crippen LogP contribution in [0.5, 0.6) is 0 Å². The van der Waals surface area contributed by atoms with Crippen molar-refractivity contribution in [2.75, 3.05) is 6.61 Å². The van der Waals surface area contributed by atoms with Crippen LogP contribution in [0.3, 0.4) is 0 Å². The molecule has 0 aromatic rings. The van der Waals surface area contributed by atoms with E-state index in [-0.39, 0.29) is 6.10 Å². The predicted molar refractivity (Wildman–Crippen MR) is 50.0 cm³/mol. The average Bonchev–Trinajstić information content (AvgIpc) is 2.18. The van der Waals surface area contributed by atoms with Gasteiger partial charge in [-0.3, -0.25) is 0 Å². The smallest absolute Gasteiger partial charge is 0.186 e. The Bertz CT molecular complexity index is 195. The minimum Gasteiger partial charge on any atom is -0.394 e. The maximum Gasteiger partial charge on any atom is 0.186 e. The van der Waals surface area contributed by atoms with Gasteiger partial charge in [-0.25, -0.2) is 0 Å². The fourth-order valence-corrected chi connectivity index (χ4v) is 1.45. The zero-order chi connectivity index (χ0) is 11.6.